The van der Waals surface area contributed by atoms with Crippen LogP contribution in [0.15, 0.2) is 18.2 Å². The summed E-state index contributed by atoms with van der Waals surface area (Å²) in [4.78, 5) is 0. The van der Waals surface area contributed by atoms with Crippen molar-refractivity contribution in [1.82, 2.24) is 0 Å². The van der Waals surface area contributed by atoms with Gasteiger partial charge in [-0.05, 0) is 25.0 Å². The van der Waals surface area contributed by atoms with Crippen molar-refractivity contribution in [2.75, 3.05) is 25.6 Å². The topological polar surface area (TPSA) is 52.6 Å². The highest BCUT2D eigenvalue weighted by molar-refractivity contribution is 8.13. The lowest BCUT2D eigenvalue weighted by atomic mass is 9.83. The van der Waals surface area contributed by atoms with Crippen LogP contribution in [-0.2, 0) is 13.8 Å². The molecule has 0 radical (unpaired) electrons. The summed E-state index contributed by atoms with van der Waals surface area (Å²) in [6, 6.07) is 4.93. The summed E-state index contributed by atoms with van der Waals surface area (Å²) in [7, 11) is 1.81. The van der Waals surface area contributed by atoms with E-state index in [9.17, 15) is 8.42 Å². The Kier molecular flexibility index (Phi) is 5.65. The van der Waals surface area contributed by atoms with Crippen molar-refractivity contribution in [3.05, 3.63) is 28.2 Å². The maximum atomic E-state index is 11.4. The van der Waals surface area contributed by atoms with Gasteiger partial charge in [-0.2, -0.15) is 0 Å². The van der Waals surface area contributed by atoms with E-state index in [0.717, 1.165) is 0 Å². The fourth-order valence-corrected chi connectivity index (χ4v) is 4.39. The largest absolute Gasteiger partial charge is 0.493 e. The van der Waals surface area contributed by atoms with Crippen LogP contribution in [-0.4, -0.2) is 34.0 Å². The molecule has 8 heteroatoms. The summed E-state index contributed by atoms with van der Waals surface area (Å²) in [6.07, 6.45) is 1.17. The van der Waals surface area contributed by atoms with Crippen LogP contribution in [0.25, 0.3) is 0 Å². The second kappa shape index (κ2) is 6.92. The fourth-order valence-electron chi connectivity index (χ4n) is 2.30. The van der Waals surface area contributed by atoms with Crippen LogP contribution in [0.2, 0.25) is 10.0 Å². The lowest BCUT2D eigenvalue weighted by molar-refractivity contribution is 0.00228. The third-order valence-corrected chi connectivity index (χ3v) is 5.49. The minimum absolute atomic E-state index is 0.133. The van der Waals surface area contributed by atoms with Gasteiger partial charge in [-0.15, -0.1) is 0 Å². The number of hydrogen-bond acceptors (Lipinski definition) is 4. The van der Waals surface area contributed by atoms with E-state index in [1.54, 1.807) is 18.2 Å². The predicted molar refractivity (Wildman–Crippen MR) is 84.1 cm³/mol. The Morgan fingerprint density at radius 2 is 1.86 bits per heavy atom. The zero-order chi connectivity index (χ0) is 15.5. The smallest absolute Gasteiger partial charge is 0.233 e. The third-order valence-electron chi connectivity index (χ3n) is 3.47. The normalized spacial score (nSPS) is 18.4. The summed E-state index contributed by atoms with van der Waals surface area (Å²) in [5.74, 6) is 0.411. The molecule has 0 atom stereocenters. The molecule has 1 saturated heterocycles. The van der Waals surface area contributed by atoms with Gasteiger partial charge in [0.2, 0.25) is 9.05 Å². The van der Waals surface area contributed by atoms with Gasteiger partial charge in [-0.3, -0.25) is 0 Å². The van der Waals surface area contributed by atoms with E-state index in [0.29, 0.717) is 41.9 Å². The molecule has 118 valence electrons. The summed E-state index contributed by atoms with van der Waals surface area (Å²) in [5, 5.41) is 0.827. The summed E-state index contributed by atoms with van der Waals surface area (Å²) >= 11 is 11.8. The molecular weight excluding hydrogens is 359 g/mol. The Hall–Kier alpha value is -0.200. The molecule has 0 saturated carbocycles. The molecule has 1 aromatic carbocycles. The SMILES string of the molecule is O=S(=O)(Cl)CC1(COc2ccc(Cl)c(Cl)c2)CCOCC1. The van der Waals surface area contributed by atoms with E-state index in [-0.39, 0.29) is 12.4 Å². The van der Waals surface area contributed by atoms with Crippen LogP contribution in [0.1, 0.15) is 12.8 Å². The molecule has 0 spiro atoms. The highest BCUT2D eigenvalue weighted by Crippen LogP contribution is 2.35. The Morgan fingerprint density at radius 1 is 1.19 bits per heavy atom. The van der Waals surface area contributed by atoms with Crippen LogP contribution in [0.4, 0.5) is 0 Å². The van der Waals surface area contributed by atoms with Gasteiger partial charge in [0.25, 0.3) is 0 Å². The minimum Gasteiger partial charge on any atom is -0.493 e. The Morgan fingerprint density at radius 3 is 2.43 bits per heavy atom. The quantitative estimate of drug-likeness (QED) is 0.738. The molecule has 0 aliphatic carbocycles. The van der Waals surface area contributed by atoms with Gasteiger partial charge in [0, 0.05) is 35.4 Å². The number of halogens is 3. The Balaban J connectivity index is 2.10. The van der Waals surface area contributed by atoms with Gasteiger partial charge < -0.3 is 9.47 Å². The molecular formula is C13H15Cl3O4S. The minimum atomic E-state index is -3.61. The molecule has 0 unspecified atom stereocenters. The number of benzene rings is 1. The van der Waals surface area contributed by atoms with E-state index in [2.05, 4.69) is 0 Å². The maximum Gasteiger partial charge on any atom is 0.233 e. The molecule has 0 bridgehead atoms. The average molecular weight is 374 g/mol. The van der Waals surface area contributed by atoms with Gasteiger partial charge in [0.05, 0.1) is 22.4 Å². The van der Waals surface area contributed by atoms with Crippen LogP contribution < -0.4 is 4.74 Å². The van der Waals surface area contributed by atoms with Crippen molar-refractivity contribution in [3.8, 4) is 5.75 Å². The first-order valence-corrected chi connectivity index (χ1v) is 9.61. The number of hydrogen-bond donors (Lipinski definition) is 0. The van der Waals surface area contributed by atoms with E-state index >= 15 is 0 Å². The maximum absolute atomic E-state index is 11.4. The highest BCUT2D eigenvalue weighted by Gasteiger charge is 2.37. The van der Waals surface area contributed by atoms with Crippen LogP contribution >= 0.6 is 33.9 Å². The summed E-state index contributed by atoms with van der Waals surface area (Å²) < 4.78 is 33.9. The zero-order valence-electron chi connectivity index (χ0n) is 11.1. The Labute approximate surface area is 138 Å². The first kappa shape index (κ1) is 17.2. The lowest BCUT2D eigenvalue weighted by Crippen LogP contribution is -2.40. The van der Waals surface area contributed by atoms with E-state index < -0.39 is 14.5 Å². The van der Waals surface area contributed by atoms with Crippen LogP contribution in [0.3, 0.4) is 0 Å². The predicted octanol–water partition coefficient (Wildman–Crippen LogP) is 3.74. The summed E-state index contributed by atoms with van der Waals surface area (Å²) in [6.45, 7) is 1.23. The molecule has 21 heavy (non-hydrogen) atoms. The van der Waals surface area contributed by atoms with Crippen molar-refractivity contribution in [3.63, 3.8) is 0 Å². The van der Waals surface area contributed by atoms with Gasteiger partial charge in [-0.25, -0.2) is 8.42 Å². The molecule has 1 fully saturated rings. The van der Waals surface area contributed by atoms with Crippen molar-refractivity contribution in [1.29, 1.82) is 0 Å². The molecule has 1 aliphatic heterocycles. The standard InChI is InChI=1S/C13H15Cl3O4S/c14-11-2-1-10(7-12(11)15)20-8-13(9-21(16,17)18)3-5-19-6-4-13/h1-2,7H,3-6,8-9H2. The zero-order valence-corrected chi connectivity index (χ0v) is 14.2. The van der Waals surface area contributed by atoms with Gasteiger partial charge in [-0.1, -0.05) is 23.2 Å². The van der Waals surface area contributed by atoms with E-state index in [1.807, 2.05) is 0 Å². The average Bonchev–Trinajstić information content (AvgIpc) is 2.39. The van der Waals surface area contributed by atoms with E-state index in [4.69, 9.17) is 43.4 Å². The molecule has 0 aromatic heterocycles. The first-order valence-electron chi connectivity index (χ1n) is 6.38. The van der Waals surface area contributed by atoms with Crippen molar-refractivity contribution in [2.45, 2.75) is 12.8 Å². The lowest BCUT2D eigenvalue weighted by Gasteiger charge is -2.35. The Bertz CT molecular complexity index is 597. The van der Waals surface area contributed by atoms with Gasteiger partial charge in [0.1, 0.15) is 5.75 Å². The molecule has 0 amide bonds. The summed E-state index contributed by atoms with van der Waals surface area (Å²) in [5.41, 5.74) is -0.537. The number of ether oxygens (including phenoxy) is 2. The number of rotatable bonds is 5. The van der Waals surface area contributed by atoms with Crippen molar-refractivity contribution in [2.24, 2.45) is 5.41 Å². The highest BCUT2D eigenvalue weighted by atomic mass is 35.7. The molecule has 2 rings (SSSR count). The third kappa shape index (κ3) is 5.18. The van der Waals surface area contributed by atoms with Crippen LogP contribution in [0, 0.1) is 5.41 Å². The van der Waals surface area contributed by atoms with Gasteiger partial charge >= 0.3 is 0 Å². The first-order chi connectivity index (χ1) is 9.80. The second-order valence-corrected chi connectivity index (χ2v) is 8.75. The van der Waals surface area contributed by atoms with Crippen molar-refractivity contribution < 1.29 is 17.9 Å². The van der Waals surface area contributed by atoms with Crippen molar-refractivity contribution >= 4 is 42.9 Å². The fraction of sp³-hybridized carbons (Fsp3) is 0.538. The second-order valence-electron chi connectivity index (χ2n) is 5.16. The monoisotopic (exact) mass is 372 g/mol. The molecule has 1 aromatic rings. The van der Waals surface area contributed by atoms with Gasteiger partial charge in [0.15, 0.2) is 0 Å². The molecule has 1 aliphatic rings. The molecule has 0 N–H and O–H groups in total. The molecule has 4 nitrogen and oxygen atoms in total. The van der Waals surface area contributed by atoms with Crippen LogP contribution in [0.5, 0.6) is 5.75 Å². The van der Waals surface area contributed by atoms with E-state index in [1.165, 1.54) is 0 Å². The molecule has 1 heterocycles.